The van der Waals surface area contributed by atoms with Crippen LogP contribution in [0.5, 0.6) is 0 Å². The molecule has 1 aromatic rings. The van der Waals surface area contributed by atoms with E-state index in [0.717, 1.165) is 26.2 Å². The van der Waals surface area contributed by atoms with Crippen molar-refractivity contribution < 1.29 is 9.18 Å². The lowest BCUT2D eigenvalue weighted by Gasteiger charge is -2.31. The fraction of sp³-hybridized carbons (Fsp3) is 0.533. The number of carbonyl (C=O) groups is 1. The van der Waals surface area contributed by atoms with Crippen LogP contribution in [0.3, 0.4) is 0 Å². The molecule has 1 aromatic carbocycles. The minimum atomic E-state index is -0.602. The molecule has 4 nitrogen and oxygen atoms in total. The number of piperidine rings is 1. The molecule has 1 aliphatic heterocycles. The molecule has 0 radical (unpaired) electrons. The van der Waals surface area contributed by atoms with Gasteiger partial charge < -0.3 is 16.0 Å². The number of rotatable bonds is 5. The van der Waals surface area contributed by atoms with Gasteiger partial charge >= 0.3 is 0 Å². The van der Waals surface area contributed by atoms with E-state index in [0.29, 0.717) is 11.6 Å². The van der Waals surface area contributed by atoms with Crippen molar-refractivity contribution in [2.45, 2.75) is 19.8 Å². The lowest BCUT2D eigenvalue weighted by atomic mass is 9.98. The molecule has 1 atom stereocenters. The van der Waals surface area contributed by atoms with Crippen molar-refractivity contribution in [1.29, 1.82) is 0 Å². The summed E-state index contributed by atoms with van der Waals surface area (Å²) in [5.74, 6) is -0.444. The molecule has 1 unspecified atom stereocenters. The van der Waals surface area contributed by atoms with Gasteiger partial charge in [-0.05, 0) is 57.0 Å². The SMILES string of the molecule is CCN(CC1CCCNC1)c1ccc(C(N)=O)cc1F. The first kappa shape index (κ1) is 14.8. The van der Waals surface area contributed by atoms with Gasteiger partial charge in [0.2, 0.25) is 5.91 Å². The van der Waals surface area contributed by atoms with Gasteiger partial charge in [-0.25, -0.2) is 4.39 Å². The van der Waals surface area contributed by atoms with Crippen molar-refractivity contribution in [2.75, 3.05) is 31.1 Å². The Hall–Kier alpha value is -1.62. The molecule has 0 spiro atoms. The van der Waals surface area contributed by atoms with Gasteiger partial charge in [0.25, 0.3) is 0 Å². The topological polar surface area (TPSA) is 58.4 Å². The van der Waals surface area contributed by atoms with Crippen LogP contribution in [0, 0.1) is 11.7 Å². The molecule has 3 N–H and O–H groups in total. The molecule has 1 amide bonds. The Balaban J connectivity index is 2.12. The average molecular weight is 279 g/mol. The van der Waals surface area contributed by atoms with E-state index < -0.39 is 5.91 Å². The maximum absolute atomic E-state index is 14.1. The first-order valence-electron chi connectivity index (χ1n) is 7.16. The Kier molecular flexibility index (Phi) is 4.95. The van der Waals surface area contributed by atoms with E-state index in [1.165, 1.54) is 18.9 Å². The van der Waals surface area contributed by atoms with E-state index in [2.05, 4.69) is 5.32 Å². The second kappa shape index (κ2) is 6.70. The van der Waals surface area contributed by atoms with Crippen LogP contribution < -0.4 is 16.0 Å². The molecule has 2 rings (SSSR count). The largest absolute Gasteiger partial charge is 0.369 e. The smallest absolute Gasteiger partial charge is 0.248 e. The number of nitrogens with zero attached hydrogens (tertiary/aromatic N) is 1. The van der Waals surface area contributed by atoms with Gasteiger partial charge in [-0.3, -0.25) is 4.79 Å². The molecular weight excluding hydrogens is 257 g/mol. The van der Waals surface area contributed by atoms with Crippen LogP contribution in [0.15, 0.2) is 18.2 Å². The maximum Gasteiger partial charge on any atom is 0.248 e. The van der Waals surface area contributed by atoms with Gasteiger partial charge in [0.1, 0.15) is 5.82 Å². The zero-order valence-corrected chi connectivity index (χ0v) is 11.9. The summed E-state index contributed by atoms with van der Waals surface area (Å²) >= 11 is 0. The van der Waals surface area contributed by atoms with E-state index in [-0.39, 0.29) is 11.4 Å². The third kappa shape index (κ3) is 3.48. The number of halogens is 1. The van der Waals surface area contributed by atoms with Crippen LogP contribution in [0.25, 0.3) is 0 Å². The fourth-order valence-corrected chi connectivity index (χ4v) is 2.71. The summed E-state index contributed by atoms with van der Waals surface area (Å²) in [6, 6.07) is 4.46. The summed E-state index contributed by atoms with van der Waals surface area (Å²) in [5, 5.41) is 3.37. The number of amides is 1. The Morgan fingerprint density at radius 3 is 2.90 bits per heavy atom. The summed E-state index contributed by atoms with van der Waals surface area (Å²) in [4.78, 5) is 13.1. The predicted molar refractivity (Wildman–Crippen MR) is 78.4 cm³/mol. The number of benzene rings is 1. The Morgan fingerprint density at radius 1 is 1.55 bits per heavy atom. The molecule has 0 bridgehead atoms. The number of anilines is 1. The third-order valence-electron chi connectivity index (χ3n) is 3.83. The van der Waals surface area contributed by atoms with Crippen molar-refractivity contribution in [3.63, 3.8) is 0 Å². The molecule has 1 heterocycles. The zero-order valence-electron chi connectivity index (χ0n) is 11.9. The lowest BCUT2D eigenvalue weighted by molar-refractivity contribution is 0.1000. The predicted octanol–water partition coefficient (Wildman–Crippen LogP) is 1.75. The van der Waals surface area contributed by atoms with Crippen LogP contribution in [0.4, 0.5) is 10.1 Å². The summed E-state index contributed by atoms with van der Waals surface area (Å²) < 4.78 is 14.1. The highest BCUT2D eigenvalue weighted by atomic mass is 19.1. The van der Waals surface area contributed by atoms with E-state index in [1.807, 2.05) is 11.8 Å². The van der Waals surface area contributed by atoms with Crippen LogP contribution in [0.2, 0.25) is 0 Å². The van der Waals surface area contributed by atoms with Crippen LogP contribution >= 0.6 is 0 Å². The van der Waals surface area contributed by atoms with Gasteiger partial charge in [-0.15, -0.1) is 0 Å². The van der Waals surface area contributed by atoms with Gasteiger partial charge in [0.05, 0.1) is 5.69 Å². The van der Waals surface area contributed by atoms with Crippen molar-refractivity contribution in [1.82, 2.24) is 5.32 Å². The normalized spacial score (nSPS) is 18.8. The number of nitrogens with one attached hydrogen (secondary N) is 1. The highest BCUT2D eigenvalue weighted by Gasteiger charge is 2.19. The highest BCUT2D eigenvalue weighted by Crippen LogP contribution is 2.23. The quantitative estimate of drug-likeness (QED) is 0.863. The van der Waals surface area contributed by atoms with Gasteiger partial charge in [-0.1, -0.05) is 0 Å². The van der Waals surface area contributed by atoms with E-state index in [9.17, 15) is 9.18 Å². The van der Waals surface area contributed by atoms with E-state index in [4.69, 9.17) is 5.73 Å². The number of carbonyl (C=O) groups excluding carboxylic acids is 1. The van der Waals surface area contributed by atoms with Gasteiger partial charge in [0.15, 0.2) is 0 Å². The van der Waals surface area contributed by atoms with E-state index >= 15 is 0 Å². The molecule has 1 fully saturated rings. The number of primary amides is 1. The average Bonchev–Trinajstić information content (AvgIpc) is 2.46. The molecule has 0 aromatic heterocycles. The Labute approximate surface area is 119 Å². The van der Waals surface area contributed by atoms with Crippen LogP contribution in [-0.4, -0.2) is 32.1 Å². The maximum atomic E-state index is 14.1. The number of hydrogen-bond donors (Lipinski definition) is 2. The van der Waals surface area contributed by atoms with Crippen molar-refractivity contribution in [3.8, 4) is 0 Å². The highest BCUT2D eigenvalue weighted by molar-refractivity contribution is 5.93. The molecule has 20 heavy (non-hydrogen) atoms. The van der Waals surface area contributed by atoms with E-state index in [1.54, 1.807) is 12.1 Å². The monoisotopic (exact) mass is 279 g/mol. The molecular formula is C15H22FN3O. The first-order chi connectivity index (χ1) is 9.61. The third-order valence-corrected chi connectivity index (χ3v) is 3.83. The first-order valence-corrected chi connectivity index (χ1v) is 7.16. The summed E-state index contributed by atoms with van der Waals surface area (Å²) in [6.07, 6.45) is 2.34. The molecule has 0 aliphatic carbocycles. The summed E-state index contributed by atoms with van der Waals surface area (Å²) in [7, 11) is 0. The van der Waals surface area contributed by atoms with Crippen LogP contribution in [-0.2, 0) is 0 Å². The van der Waals surface area contributed by atoms with Crippen molar-refractivity contribution in [3.05, 3.63) is 29.6 Å². The van der Waals surface area contributed by atoms with Gasteiger partial charge in [0, 0.05) is 18.7 Å². The van der Waals surface area contributed by atoms with Crippen molar-refractivity contribution in [2.24, 2.45) is 11.7 Å². The summed E-state index contributed by atoms with van der Waals surface area (Å²) in [5.41, 5.74) is 5.92. The molecule has 110 valence electrons. The van der Waals surface area contributed by atoms with Gasteiger partial charge in [-0.2, -0.15) is 0 Å². The lowest BCUT2D eigenvalue weighted by Crippen LogP contribution is -2.38. The fourth-order valence-electron chi connectivity index (χ4n) is 2.71. The minimum absolute atomic E-state index is 0.210. The van der Waals surface area contributed by atoms with Crippen LogP contribution in [0.1, 0.15) is 30.1 Å². The van der Waals surface area contributed by atoms with Crippen molar-refractivity contribution >= 4 is 11.6 Å². The molecule has 0 saturated carbocycles. The molecule has 1 saturated heterocycles. The Bertz CT molecular complexity index is 472. The second-order valence-electron chi connectivity index (χ2n) is 5.28. The number of nitrogens with two attached hydrogens (primary N) is 1. The second-order valence-corrected chi connectivity index (χ2v) is 5.28. The summed E-state index contributed by atoms with van der Waals surface area (Å²) in [6.45, 7) is 5.64. The standard InChI is InChI=1S/C15H22FN3O/c1-2-19(10-11-4-3-7-18-9-11)14-6-5-12(15(17)20)8-13(14)16/h5-6,8,11,18H,2-4,7,9-10H2,1H3,(H2,17,20). The molecule has 1 aliphatic rings. The minimum Gasteiger partial charge on any atom is -0.369 e. The Morgan fingerprint density at radius 2 is 2.35 bits per heavy atom. The number of hydrogen-bond acceptors (Lipinski definition) is 3. The molecule has 5 heteroatoms. The zero-order chi connectivity index (χ0) is 14.5.